The lowest BCUT2D eigenvalue weighted by Gasteiger charge is -2.34. The molecule has 1 aliphatic rings. The highest BCUT2D eigenvalue weighted by Crippen LogP contribution is 2.29. The van der Waals surface area contributed by atoms with Crippen LogP contribution in [0.3, 0.4) is 0 Å². The van der Waals surface area contributed by atoms with E-state index in [1.807, 2.05) is 6.92 Å². The lowest BCUT2D eigenvalue weighted by molar-refractivity contribution is 0.262. The van der Waals surface area contributed by atoms with Gasteiger partial charge < -0.3 is 5.32 Å². The summed E-state index contributed by atoms with van der Waals surface area (Å²) in [7, 11) is -3.62. The molecule has 0 amide bonds. The van der Waals surface area contributed by atoms with E-state index in [2.05, 4.69) is 21.2 Å². The maximum absolute atomic E-state index is 13.6. The van der Waals surface area contributed by atoms with Crippen molar-refractivity contribution in [1.29, 1.82) is 0 Å². The molecule has 1 N–H and O–H groups in total. The Kier molecular flexibility index (Phi) is 7.93. The van der Waals surface area contributed by atoms with Gasteiger partial charge in [-0.1, -0.05) is 6.92 Å². The minimum atomic E-state index is -3.62. The largest absolute Gasteiger partial charge is 0.317 e. The Balaban J connectivity index is 0.00000264. The summed E-state index contributed by atoms with van der Waals surface area (Å²) in [5.74, 6) is -0.444. The average Bonchev–Trinajstić information content (AvgIpc) is 2.49. The zero-order valence-electron chi connectivity index (χ0n) is 13.3. The van der Waals surface area contributed by atoms with Gasteiger partial charge in [-0.2, -0.15) is 4.31 Å². The molecule has 0 aromatic heterocycles. The molecular weight excluding hydrogens is 407 g/mol. The third kappa shape index (κ3) is 4.66. The predicted octanol–water partition coefficient (Wildman–Crippen LogP) is 3.47. The van der Waals surface area contributed by atoms with E-state index in [4.69, 9.17) is 0 Å². The van der Waals surface area contributed by atoms with Crippen LogP contribution in [-0.4, -0.2) is 38.4 Å². The van der Waals surface area contributed by atoms with Gasteiger partial charge in [0, 0.05) is 12.6 Å². The van der Waals surface area contributed by atoms with Crippen molar-refractivity contribution in [3.8, 4) is 0 Å². The maximum Gasteiger partial charge on any atom is 0.243 e. The van der Waals surface area contributed by atoms with Crippen LogP contribution in [0.25, 0.3) is 0 Å². The Morgan fingerprint density at radius 3 is 2.52 bits per heavy atom. The number of halogens is 3. The zero-order valence-corrected chi connectivity index (χ0v) is 16.5. The number of piperidine rings is 1. The molecule has 0 atom stereocenters. The fourth-order valence-electron chi connectivity index (χ4n) is 2.85. The first-order valence-corrected chi connectivity index (χ1v) is 9.79. The van der Waals surface area contributed by atoms with E-state index in [0.717, 1.165) is 32.4 Å². The van der Waals surface area contributed by atoms with Crippen molar-refractivity contribution in [2.45, 2.75) is 44.0 Å². The molecule has 8 heteroatoms. The molecule has 23 heavy (non-hydrogen) atoms. The number of hydrogen-bond donors (Lipinski definition) is 1. The van der Waals surface area contributed by atoms with Gasteiger partial charge in [0.2, 0.25) is 10.0 Å². The van der Waals surface area contributed by atoms with Gasteiger partial charge in [-0.05, 0) is 72.9 Å². The summed E-state index contributed by atoms with van der Waals surface area (Å²) in [5, 5.41) is 3.25. The van der Waals surface area contributed by atoms with E-state index >= 15 is 0 Å². The number of nitrogens with zero attached hydrogens (tertiary/aromatic N) is 1. The lowest BCUT2D eigenvalue weighted by atomic mass is 10.1. The van der Waals surface area contributed by atoms with Crippen LogP contribution in [-0.2, 0) is 10.0 Å². The van der Waals surface area contributed by atoms with Gasteiger partial charge in [0.05, 0.1) is 9.37 Å². The summed E-state index contributed by atoms with van der Waals surface area (Å²) in [6.07, 6.45) is 2.37. The smallest absolute Gasteiger partial charge is 0.243 e. The second-order valence-electron chi connectivity index (χ2n) is 5.63. The monoisotopic (exact) mass is 428 g/mol. The van der Waals surface area contributed by atoms with E-state index in [9.17, 15) is 12.8 Å². The second-order valence-corrected chi connectivity index (χ2v) is 8.34. The van der Waals surface area contributed by atoms with Crippen LogP contribution < -0.4 is 5.32 Å². The Hall–Kier alpha value is -0.210. The lowest BCUT2D eigenvalue weighted by Crippen LogP contribution is -2.46. The number of benzene rings is 1. The SMILES string of the molecule is CCCN(C1CCNCC1)S(=O)(=O)c1cc(Br)c(F)cc1C.Cl. The first kappa shape index (κ1) is 20.8. The van der Waals surface area contributed by atoms with E-state index in [1.165, 1.54) is 12.1 Å². The molecule has 1 aliphatic heterocycles. The first-order chi connectivity index (χ1) is 10.4. The molecule has 0 bridgehead atoms. The molecule has 1 aromatic rings. The molecule has 0 spiro atoms. The normalized spacial score (nSPS) is 16.4. The van der Waals surface area contributed by atoms with Gasteiger partial charge in [-0.25, -0.2) is 12.8 Å². The van der Waals surface area contributed by atoms with E-state index in [-0.39, 0.29) is 27.8 Å². The highest BCUT2D eigenvalue weighted by atomic mass is 79.9. The van der Waals surface area contributed by atoms with E-state index < -0.39 is 15.8 Å². The summed E-state index contributed by atoms with van der Waals surface area (Å²) >= 11 is 3.09. The van der Waals surface area contributed by atoms with Crippen LogP contribution in [0.2, 0.25) is 0 Å². The van der Waals surface area contributed by atoms with Crippen LogP contribution in [0, 0.1) is 12.7 Å². The van der Waals surface area contributed by atoms with Crippen molar-refractivity contribution in [3.05, 3.63) is 28.0 Å². The molecule has 1 aromatic carbocycles. The number of nitrogens with one attached hydrogen (secondary N) is 1. The van der Waals surface area contributed by atoms with E-state index in [1.54, 1.807) is 11.2 Å². The standard InChI is InChI=1S/C15H22BrFN2O2S.ClH/c1-3-8-19(12-4-6-18-7-5-12)22(20,21)15-10-13(16)14(17)9-11(15)2;/h9-10,12,18H,3-8H2,1-2H3;1H. The molecule has 0 radical (unpaired) electrons. The molecule has 0 unspecified atom stereocenters. The number of hydrogen-bond acceptors (Lipinski definition) is 3. The summed E-state index contributed by atoms with van der Waals surface area (Å²) in [4.78, 5) is 0.188. The molecule has 2 rings (SSSR count). The van der Waals surface area contributed by atoms with Gasteiger partial charge in [-0.3, -0.25) is 0 Å². The van der Waals surface area contributed by atoms with Crippen LogP contribution in [0.1, 0.15) is 31.7 Å². The summed E-state index contributed by atoms with van der Waals surface area (Å²) in [6.45, 7) is 5.74. The Labute approximate surface area is 152 Å². The predicted molar refractivity (Wildman–Crippen MR) is 96.2 cm³/mol. The van der Waals surface area contributed by atoms with Crippen molar-refractivity contribution >= 4 is 38.4 Å². The molecular formula is C15H23BrClFN2O2S. The van der Waals surface area contributed by atoms with Gasteiger partial charge >= 0.3 is 0 Å². The molecule has 132 valence electrons. The second kappa shape index (κ2) is 8.76. The van der Waals surface area contributed by atoms with Crippen LogP contribution in [0.15, 0.2) is 21.5 Å². The van der Waals surface area contributed by atoms with Gasteiger partial charge in [0.1, 0.15) is 5.82 Å². The minimum Gasteiger partial charge on any atom is -0.317 e. The number of rotatable bonds is 5. The molecule has 1 heterocycles. The fraction of sp³-hybridized carbons (Fsp3) is 0.600. The average molecular weight is 430 g/mol. The number of aryl methyl sites for hydroxylation is 1. The molecule has 0 saturated carbocycles. The third-order valence-corrected chi connectivity index (χ3v) is 6.67. The quantitative estimate of drug-likeness (QED) is 0.780. The maximum atomic E-state index is 13.6. The Bertz CT molecular complexity index is 637. The molecule has 1 saturated heterocycles. The summed E-state index contributed by atoms with van der Waals surface area (Å²) in [6, 6.07) is 2.65. The Morgan fingerprint density at radius 2 is 1.96 bits per heavy atom. The molecule has 4 nitrogen and oxygen atoms in total. The van der Waals surface area contributed by atoms with Crippen molar-refractivity contribution in [2.75, 3.05) is 19.6 Å². The van der Waals surface area contributed by atoms with Crippen molar-refractivity contribution in [3.63, 3.8) is 0 Å². The first-order valence-electron chi connectivity index (χ1n) is 7.56. The highest BCUT2D eigenvalue weighted by molar-refractivity contribution is 9.10. The fourth-order valence-corrected chi connectivity index (χ4v) is 5.35. The molecule has 0 aliphatic carbocycles. The summed E-state index contributed by atoms with van der Waals surface area (Å²) < 4.78 is 41.5. The van der Waals surface area contributed by atoms with Gasteiger partial charge in [-0.15, -0.1) is 12.4 Å². The topological polar surface area (TPSA) is 49.4 Å². The summed E-state index contributed by atoms with van der Waals surface area (Å²) in [5.41, 5.74) is 0.440. The van der Waals surface area contributed by atoms with Gasteiger partial charge in [0.15, 0.2) is 0 Å². The van der Waals surface area contributed by atoms with Gasteiger partial charge in [0.25, 0.3) is 0 Å². The van der Waals surface area contributed by atoms with E-state index in [0.29, 0.717) is 12.1 Å². The zero-order chi connectivity index (χ0) is 16.3. The van der Waals surface area contributed by atoms with Crippen molar-refractivity contribution in [1.82, 2.24) is 9.62 Å². The van der Waals surface area contributed by atoms with Crippen molar-refractivity contribution < 1.29 is 12.8 Å². The van der Waals surface area contributed by atoms with Crippen LogP contribution in [0.5, 0.6) is 0 Å². The van der Waals surface area contributed by atoms with Crippen molar-refractivity contribution in [2.24, 2.45) is 0 Å². The minimum absolute atomic E-state index is 0. The third-order valence-electron chi connectivity index (χ3n) is 3.96. The molecule has 1 fully saturated rings. The highest BCUT2D eigenvalue weighted by Gasteiger charge is 2.33. The number of sulfonamides is 1. The van der Waals surface area contributed by atoms with Crippen LogP contribution >= 0.6 is 28.3 Å². The Morgan fingerprint density at radius 1 is 1.35 bits per heavy atom. The van der Waals surface area contributed by atoms with Crippen LogP contribution in [0.4, 0.5) is 4.39 Å².